The Balaban J connectivity index is 1.53. The second kappa shape index (κ2) is 7.09. The zero-order chi connectivity index (χ0) is 16.4. The second-order valence-electron chi connectivity index (χ2n) is 6.14. The Morgan fingerprint density at radius 3 is 2.96 bits per heavy atom. The summed E-state index contributed by atoms with van der Waals surface area (Å²) in [5, 5.41) is 5.70. The van der Waals surface area contributed by atoms with E-state index < -0.39 is 0 Å². The Bertz CT molecular complexity index is 765. The summed E-state index contributed by atoms with van der Waals surface area (Å²) in [5.74, 6) is -0.0532. The summed E-state index contributed by atoms with van der Waals surface area (Å²) in [6.45, 7) is 0. The van der Waals surface area contributed by atoms with E-state index in [9.17, 15) is 4.79 Å². The van der Waals surface area contributed by atoms with Gasteiger partial charge in [0.05, 0.1) is 5.57 Å². The molecular formula is C18H19N3OS2. The van der Waals surface area contributed by atoms with Crippen LogP contribution in [-0.4, -0.2) is 16.9 Å². The lowest BCUT2D eigenvalue weighted by molar-refractivity contribution is -0.110. The number of amides is 1. The molecule has 0 atom stereocenters. The second-order valence-corrected chi connectivity index (χ2v) is 7.98. The molecule has 1 aromatic carbocycles. The Labute approximate surface area is 149 Å². The van der Waals surface area contributed by atoms with Crippen molar-refractivity contribution in [3.8, 4) is 0 Å². The molecule has 4 nitrogen and oxygen atoms in total. The molecule has 1 saturated carbocycles. The number of nitrogens with one attached hydrogen (secondary N) is 2. The monoisotopic (exact) mass is 357 g/mol. The zero-order valence-corrected chi connectivity index (χ0v) is 14.9. The van der Waals surface area contributed by atoms with Crippen molar-refractivity contribution in [1.82, 2.24) is 9.71 Å². The SMILES string of the molecule is O=C1Nc2ccc(SNC3CCCCC3)cc2/C1=C\c1nccs1. The molecule has 0 saturated heterocycles. The summed E-state index contributed by atoms with van der Waals surface area (Å²) in [6.07, 6.45) is 10.1. The molecule has 2 aromatic rings. The number of benzene rings is 1. The van der Waals surface area contributed by atoms with Gasteiger partial charge in [-0.2, -0.15) is 0 Å². The summed E-state index contributed by atoms with van der Waals surface area (Å²) in [5.41, 5.74) is 2.54. The van der Waals surface area contributed by atoms with Crippen LogP contribution in [0.1, 0.15) is 42.7 Å². The predicted molar refractivity (Wildman–Crippen MR) is 101 cm³/mol. The standard InChI is InChI=1S/C18H19N3OS2/c22-18-15(11-17-19-8-9-23-17)14-10-13(6-7-16(14)20-18)24-21-12-4-2-1-3-5-12/h6-12,21H,1-5H2,(H,20,22)/b15-11+. The average molecular weight is 358 g/mol. The molecule has 4 rings (SSSR count). The Morgan fingerprint density at radius 1 is 1.29 bits per heavy atom. The maximum absolute atomic E-state index is 12.2. The van der Waals surface area contributed by atoms with Crippen LogP contribution in [0.15, 0.2) is 34.7 Å². The molecule has 1 aromatic heterocycles. The fourth-order valence-electron chi connectivity index (χ4n) is 3.17. The van der Waals surface area contributed by atoms with Gasteiger partial charge in [-0.25, -0.2) is 4.98 Å². The summed E-state index contributed by atoms with van der Waals surface area (Å²) in [7, 11) is 0. The fourth-order valence-corrected chi connectivity index (χ4v) is 4.60. The fraction of sp³-hybridized carbons (Fsp3) is 0.333. The lowest BCUT2D eigenvalue weighted by Crippen LogP contribution is -2.25. The van der Waals surface area contributed by atoms with E-state index >= 15 is 0 Å². The predicted octanol–water partition coefficient (Wildman–Crippen LogP) is 4.57. The van der Waals surface area contributed by atoms with E-state index in [1.807, 2.05) is 17.5 Å². The van der Waals surface area contributed by atoms with Gasteiger partial charge < -0.3 is 5.32 Å². The number of thiazole rings is 1. The van der Waals surface area contributed by atoms with Crippen LogP contribution in [-0.2, 0) is 4.79 Å². The van der Waals surface area contributed by atoms with Crippen molar-refractivity contribution in [2.45, 2.75) is 43.0 Å². The van der Waals surface area contributed by atoms with Gasteiger partial charge in [-0.05, 0) is 49.1 Å². The van der Waals surface area contributed by atoms with Gasteiger partial charge in [0, 0.05) is 33.8 Å². The van der Waals surface area contributed by atoms with Crippen LogP contribution in [0.4, 0.5) is 5.69 Å². The van der Waals surface area contributed by atoms with Crippen molar-refractivity contribution in [2.24, 2.45) is 0 Å². The lowest BCUT2D eigenvalue weighted by Gasteiger charge is -2.22. The van der Waals surface area contributed by atoms with Crippen molar-refractivity contribution < 1.29 is 4.79 Å². The summed E-state index contributed by atoms with van der Waals surface area (Å²) in [6, 6.07) is 6.74. The zero-order valence-electron chi connectivity index (χ0n) is 13.2. The average Bonchev–Trinajstić information content (AvgIpc) is 3.23. The highest BCUT2D eigenvalue weighted by molar-refractivity contribution is 7.97. The largest absolute Gasteiger partial charge is 0.321 e. The van der Waals surface area contributed by atoms with Crippen LogP contribution in [0, 0.1) is 0 Å². The van der Waals surface area contributed by atoms with E-state index in [1.165, 1.54) is 43.4 Å². The van der Waals surface area contributed by atoms with Gasteiger partial charge in [0.2, 0.25) is 0 Å². The molecule has 1 aliphatic carbocycles. The van der Waals surface area contributed by atoms with E-state index in [2.05, 4.69) is 27.2 Å². The maximum Gasteiger partial charge on any atom is 0.256 e. The minimum Gasteiger partial charge on any atom is -0.321 e. The quantitative estimate of drug-likeness (QED) is 0.622. The first-order valence-electron chi connectivity index (χ1n) is 8.29. The molecule has 1 aliphatic heterocycles. The summed E-state index contributed by atoms with van der Waals surface area (Å²) < 4.78 is 3.58. The van der Waals surface area contributed by atoms with Gasteiger partial charge in [0.1, 0.15) is 5.01 Å². The van der Waals surface area contributed by atoms with Crippen LogP contribution in [0.3, 0.4) is 0 Å². The molecule has 0 spiro atoms. The Kier molecular flexibility index (Phi) is 4.69. The van der Waals surface area contributed by atoms with Gasteiger partial charge in [0.15, 0.2) is 0 Å². The molecule has 2 heterocycles. The smallest absolute Gasteiger partial charge is 0.256 e. The summed E-state index contributed by atoms with van der Waals surface area (Å²) in [4.78, 5) is 17.6. The molecule has 24 heavy (non-hydrogen) atoms. The molecule has 0 unspecified atom stereocenters. The molecule has 124 valence electrons. The highest BCUT2D eigenvalue weighted by Gasteiger charge is 2.25. The number of rotatable bonds is 4. The molecular weight excluding hydrogens is 338 g/mol. The third-order valence-corrected chi connectivity index (χ3v) is 6.11. The van der Waals surface area contributed by atoms with Gasteiger partial charge >= 0.3 is 0 Å². The first-order chi connectivity index (χ1) is 11.8. The molecule has 1 fully saturated rings. The van der Waals surface area contributed by atoms with Gasteiger partial charge in [-0.3, -0.25) is 9.52 Å². The minimum atomic E-state index is -0.0532. The lowest BCUT2D eigenvalue weighted by atomic mass is 9.96. The highest BCUT2D eigenvalue weighted by atomic mass is 32.2. The number of anilines is 1. The number of hydrogen-bond donors (Lipinski definition) is 2. The number of carbonyl (C=O) groups is 1. The van der Waals surface area contributed by atoms with Crippen molar-refractivity contribution in [2.75, 3.05) is 5.32 Å². The van der Waals surface area contributed by atoms with E-state index in [1.54, 1.807) is 18.1 Å². The van der Waals surface area contributed by atoms with Crippen LogP contribution >= 0.6 is 23.3 Å². The third kappa shape index (κ3) is 3.41. The van der Waals surface area contributed by atoms with Gasteiger partial charge in [0.25, 0.3) is 5.91 Å². The van der Waals surface area contributed by atoms with E-state index in [0.29, 0.717) is 11.6 Å². The third-order valence-electron chi connectivity index (χ3n) is 4.44. The number of carbonyl (C=O) groups excluding carboxylic acids is 1. The van der Waals surface area contributed by atoms with Crippen molar-refractivity contribution in [3.63, 3.8) is 0 Å². The van der Waals surface area contributed by atoms with Crippen LogP contribution in [0.2, 0.25) is 0 Å². The van der Waals surface area contributed by atoms with Crippen LogP contribution in [0.25, 0.3) is 11.6 Å². The van der Waals surface area contributed by atoms with Crippen molar-refractivity contribution in [1.29, 1.82) is 0 Å². The van der Waals surface area contributed by atoms with Crippen LogP contribution < -0.4 is 10.0 Å². The molecule has 0 radical (unpaired) electrons. The molecule has 2 N–H and O–H groups in total. The van der Waals surface area contributed by atoms with Gasteiger partial charge in [-0.1, -0.05) is 19.3 Å². The highest BCUT2D eigenvalue weighted by Crippen LogP contribution is 2.36. The molecule has 2 aliphatic rings. The van der Waals surface area contributed by atoms with Crippen molar-refractivity contribution >= 4 is 46.5 Å². The number of nitrogens with zero attached hydrogens (tertiary/aromatic N) is 1. The van der Waals surface area contributed by atoms with E-state index in [-0.39, 0.29) is 5.91 Å². The van der Waals surface area contributed by atoms with Gasteiger partial charge in [-0.15, -0.1) is 11.3 Å². The molecule has 0 bridgehead atoms. The maximum atomic E-state index is 12.2. The van der Waals surface area contributed by atoms with E-state index in [0.717, 1.165) is 21.2 Å². The normalized spacial score (nSPS) is 19.5. The van der Waals surface area contributed by atoms with Crippen LogP contribution in [0.5, 0.6) is 0 Å². The minimum absolute atomic E-state index is 0.0532. The first kappa shape index (κ1) is 15.9. The Morgan fingerprint density at radius 2 is 2.17 bits per heavy atom. The molecule has 1 amide bonds. The Hall–Kier alpha value is -1.63. The topological polar surface area (TPSA) is 54.0 Å². The van der Waals surface area contributed by atoms with E-state index in [4.69, 9.17) is 0 Å². The number of aromatic nitrogens is 1. The summed E-state index contributed by atoms with van der Waals surface area (Å²) >= 11 is 3.21. The number of hydrogen-bond acceptors (Lipinski definition) is 5. The first-order valence-corrected chi connectivity index (χ1v) is 9.98. The number of fused-ring (bicyclic) bond motifs is 1. The molecule has 6 heteroatoms. The van der Waals surface area contributed by atoms with Crippen molar-refractivity contribution in [3.05, 3.63) is 40.3 Å².